The summed E-state index contributed by atoms with van der Waals surface area (Å²) < 4.78 is 2.12. The summed E-state index contributed by atoms with van der Waals surface area (Å²) in [6, 6.07) is 29.6. The number of amides is 3. The fourth-order valence-corrected chi connectivity index (χ4v) is 6.88. The zero-order chi connectivity index (χ0) is 36.3. The third-order valence-corrected chi connectivity index (χ3v) is 9.64. The Hall–Kier alpha value is -5.47. The molecular weight excluding hydrogens is 653 g/mol. The van der Waals surface area contributed by atoms with Crippen LogP contribution < -0.4 is 5.32 Å². The van der Waals surface area contributed by atoms with Crippen LogP contribution in [0, 0.1) is 13.8 Å². The molecule has 8 heteroatoms. The van der Waals surface area contributed by atoms with Crippen molar-refractivity contribution >= 4 is 40.7 Å². The first-order valence-electron chi connectivity index (χ1n) is 17.2. The van der Waals surface area contributed by atoms with Crippen LogP contribution in [0.4, 0.5) is 0 Å². The molecule has 0 saturated carbocycles. The summed E-state index contributed by atoms with van der Waals surface area (Å²) in [5.41, 5.74) is 7.27. The molecule has 260 valence electrons. The molecule has 5 rings (SSSR count). The van der Waals surface area contributed by atoms with E-state index in [9.17, 15) is 14.4 Å². The van der Waals surface area contributed by atoms with Crippen LogP contribution in [0.5, 0.6) is 0 Å². The highest BCUT2D eigenvalue weighted by molar-refractivity contribution is 8.14. The van der Waals surface area contributed by atoms with E-state index in [2.05, 4.69) is 52.6 Å². The van der Waals surface area contributed by atoms with Crippen LogP contribution in [0.25, 0.3) is 11.8 Å². The van der Waals surface area contributed by atoms with Gasteiger partial charge < -0.3 is 9.88 Å². The summed E-state index contributed by atoms with van der Waals surface area (Å²) in [7, 11) is 0. The second-order valence-electron chi connectivity index (χ2n) is 12.2. The SMILES string of the molecule is C=C/C=C\C(=C/C)N1C(=O)/C(=C/c2cc(C)n(-c3ccc(CCCC)cc3)c2C)C(=O)N=C1SCC(=O)NC(c1ccccc1)c1ccccc1. The highest BCUT2D eigenvalue weighted by Gasteiger charge is 2.35. The Morgan fingerprint density at radius 2 is 1.61 bits per heavy atom. The second kappa shape index (κ2) is 17.5. The topological polar surface area (TPSA) is 83.8 Å². The van der Waals surface area contributed by atoms with Crippen molar-refractivity contribution in [2.45, 2.75) is 53.0 Å². The molecule has 4 aromatic rings. The van der Waals surface area contributed by atoms with Crippen LogP contribution in [0.3, 0.4) is 0 Å². The van der Waals surface area contributed by atoms with E-state index in [-0.39, 0.29) is 28.4 Å². The molecule has 0 saturated heterocycles. The number of hydrogen-bond acceptors (Lipinski definition) is 4. The van der Waals surface area contributed by atoms with Crippen molar-refractivity contribution in [1.29, 1.82) is 0 Å². The standard InChI is InChI=1S/C43H44N4O3S/c1-6-9-17-32-23-25-37(26-24-32)46-30(4)27-35(31(46)5)28-38-41(49)45-43(47(42(38)50)36(8-3)22-10-7-2)51-29-39(48)44-40(33-18-13-11-14-19-33)34-20-15-12-16-21-34/h7-8,10-16,18-28,40H,2,6,9,17,29H2,1,3-5H3,(H,44,48)/b22-10-,36-8+,38-28+. The quantitative estimate of drug-likeness (QED) is 0.0861. The molecule has 1 N–H and O–H groups in total. The molecule has 0 radical (unpaired) electrons. The van der Waals surface area contributed by atoms with Gasteiger partial charge in [-0.25, -0.2) is 0 Å². The summed E-state index contributed by atoms with van der Waals surface area (Å²) in [6.45, 7) is 11.7. The van der Waals surface area contributed by atoms with E-state index in [1.54, 1.807) is 37.3 Å². The van der Waals surface area contributed by atoms with E-state index >= 15 is 0 Å². The Bertz CT molecular complexity index is 1970. The first-order chi connectivity index (χ1) is 24.7. The molecule has 3 amide bonds. The van der Waals surface area contributed by atoms with Crippen LogP contribution in [-0.4, -0.2) is 38.1 Å². The van der Waals surface area contributed by atoms with Crippen molar-refractivity contribution in [3.8, 4) is 5.69 Å². The summed E-state index contributed by atoms with van der Waals surface area (Å²) in [5, 5.41) is 3.25. The Labute approximate surface area is 305 Å². The number of aromatic nitrogens is 1. The van der Waals surface area contributed by atoms with Gasteiger partial charge in [0.1, 0.15) is 5.57 Å². The third kappa shape index (κ3) is 8.83. The molecule has 3 aromatic carbocycles. The van der Waals surface area contributed by atoms with Gasteiger partial charge >= 0.3 is 0 Å². The lowest BCUT2D eigenvalue weighted by molar-refractivity contribution is -0.126. The van der Waals surface area contributed by atoms with Crippen molar-refractivity contribution in [2.24, 2.45) is 4.99 Å². The Balaban J connectivity index is 1.43. The molecule has 51 heavy (non-hydrogen) atoms. The lowest BCUT2D eigenvalue weighted by Gasteiger charge is -2.28. The number of carbonyl (C=O) groups is 3. The van der Waals surface area contributed by atoms with Gasteiger partial charge in [0.05, 0.1) is 11.8 Å². The molecule has 1 aromatic heterocycles. The Morgan fingerprint density at radius 1 is 0.961 bits per heavy atom. The Kier molecular flexibility index (Phi) is 12.6. The number of aliphatic imine (C=N–C) groups is 1. The third-order valence-electron chi connectivity index (χ3n) is 8.70. The van der Waals surface area contributed by atoms with Crippen LogP contribution >= 0.6 is 11.8 Å². The fourth-order valence-electron chi connectivity index (χ4n) is 6.07. The minimum atomic E-state index is -0.654. The molecule has 1 aliphatic heterocycles. The second-order valence-corrected chi connectivity index (χ2v) is 13.2. The number of unbranched alkanes of at least 4 members (excludes halogenated alkanes) is 1. The average Bonchev–Trinajstić information content (AvgIpc) is 3.43. The van der Waals surface area contributed by atoms with Crippen molar-refractivity contribution in [3.05, 3.63) is 167 Å². The number of nitrogens with one attached hydrogen (secondary N) is 1. The van der Waals surface area contributed by atoms with Gasteiger partial charge in [0.2, 0.25) is 5.91 Å². The van der Waals surface area contributed by atoms with Crippen molar-refractivity contribution < 1.29 is 14.4 Å². The lowest BCUT2D eigenvalue weighted by Crippen LogP contribution is -2.42. The predicted molar refractivity (Wildman–Crippen MR) is 210 cm³/mol. The number of benzene rings is 3. The van der Waals surface area contributed by atoms with E-state index < -0.39 is 11.8 Å². The number of carbonyl (C=O) groups excluding carboxylic acids is 3. The van der Waals surface area contributed by atoms with Crippen molar-refractivity contribution in [2.75, 3.05) is 5.75 Å². The van der Waals surface area contributed by atoms with Gasteiger partial charge in [-0.3, -0.25) is 19.3 Å². The van der Waals surface area contributed by atoms with Crippen LogP contribution in [0.1, 0.15) is 66.4 Å². The summed E-state index contributed by atoms with van der Waals surface area (Å²) in [6.07, 6.45) is 11.8. The number of allylic oxidation sites excluding steroid dienone is 4. The number of amidine groups is 1. The molecule has 0 unspecified atom stereocenters. The Morgan fingerprint density at radius 3 is 2.20 bits per heavy atom. The van der Waals surface area contributed by atoms with Gasteiger partial charge in [0.25, 0.3) is 11.8 Å². The highest BCUT2D eigenvalue weighted by Crippen LogP contribution is 2.29. The zero-order valence-electron chi connectivity index (χ0n) is 29.6. The van der Waals surface area contributed by atoms with E-state index in [1.807, 2.05) is 80.6 Å². The molecular formula is C43H44N4O3S. The maximum absolute atomic E-state index is 14.2. The van der Waals surface area contributed by atoms with Crippen molar-refractivity contribution in [3.63, 3.8) is 0 Å². The van der Waals surface area contributed by atoms with E-state index in [0.29, 0.717) is 5.70 Å². The number of aryl methyl sites for hydroxylation is 2. The monoisotopic (exact) mass is 696 g/mol. The minimum absolute atomic E-state index is 0.0569. The van der Waals surface area contributed by atoms with Gasteiger partial charge in [-0.05, 0) is 86.2 Å². The summed E-state index contributed by atoms with van der Waals surface area (Å²) >= 11 is 1.04. The van der Waals surface area contributed by atoms with Crippen LogP contribution in [0.2, 0.25) is 0 Å². The summed E-state index contributed by atoms with van der Waals surface area (Å²) in [4.78, 5) is 47.1. The molecule has 0 atom stereocenters. The van der Waals surface area contributed by atoms with Gasteiger partial charge in [0, 0.05) is 22.8 Å². The maximum atomic E-state index is 14.2. The summed E-state index contributed by atoms with van der Waals surface area (Å²) in [5.74, 6) is -1.50. The maximum Gasteiger partial charge on any atom is 0.285 e. The number of rotatable bonds is 13. The van der Waals surface area contributed by atoms with Gasteiger partial charge in [-0.15, -0.1) is 0 Å². The molecule has 1 aliphatic rings. The van der Waals surface area contributed by atoms with Gasteiger partial charge in [-0.1, -0.05) is 123 Å². The first-order valence-corrected chi connectivity index (χ1v) is 18.2. The van der Waals surface area contributed by atoms with E-state index in [0.717, 1.165) is 64.8 Å². The number of nitrogens with zero attached hydrogens (tertiary/aromatic N) is 3. The number of thioether (sulfide) groups is 1. The molecule has 0 bridgehead atoms. The largest absolute Gasteiger partial charge is 0.344 e. The molecule has 2 heterocycles. The highest BCUT2D eigenvalue weighted by atomic mass is 32.2. The van der Waals surface area contributed by atoms with Crippen molar-refractivity contribution in [1.82, 2.24) is 14.8 Å². The zero-order valence-corrected chi connectivity index (χ0v) is 30.5. The average molecular weight is 697 g/mol. The molecule has 0 aliphatic carbocycles. The van der Waals surface area contributed by atoms with E-state index in [1.165, 1.54) is 10.5 Å². The molecule has 0 fully saturated rings. The lowest BCUT2D eigenvalue weighted by atomic mass is 9.99. The van der Waals surface area contributed by atoms with Gasteiger partial charge in [-0.2, -0.15) is 4.99 Å². The normalized spacial score (nSPS) is 14.5. The van der Waals surface area contributed by atoms with Crippen LogP contribution in [-0.2, 0) is 20.8 Å². The van der Waals surface area contributed by atoms with E-state index in [4.69, 9.17) is 0 Å². The number of hydrogen-bond donors (Lipinski definition) is 1. The predicted octanol–water partition coefficient (Wildman–Crippen LogP) is 8.83. The van der Waals surface area contributed by atoms with Gasteiger partial charge in [0.15, 0.2) is 5.17 Å². The molecule has 7 nitrogen and oxygen atoms in total. The smallest absolute Gasteiger partial charge is 0.285 e. The fraction of sp³-hybridized carbons (Fsp3) is 0.209. The minimum Gasteiger partial charge on any atom is -0.344 e. The first kappa shape index (κ1) is 36.8. The van der Waals surface area contributed by atoms with Crippen LogP contribution in [0.15, 0.2) is 138 Å². The molecule has 0 spiro atoms.